The largest absolute Gasteiger partial charge is 0.371 e. The van der Waals surface area contributed by atoms with Gasteiger partial charge in [-0.05, 0) is 38.3 Å². The average molecular weight is 284 g/mol. The molecule has 1 saturated heterocycles. The summed E-state index contributed by atoms with van der Waals surface area (Å²) < 4.78 is 0. The number of carbonyl (C=O) groups excluding carboxylic acids is 1. The molecule has 16 heavy (non-hydrogen) atoms. The summed E-state index contributed by atoms with van der Waals surface area (Å²) in [5.41, 5.74) is 1.98. The first-order valence-electron chi connectivity index (χ1n) is 5.64. The predicted molar refractivity (Wildman–Crippen MR) is 72.8 cm³/mol. The molecule has 0 bridgehead atoms. The van der Waals surface area contributed by atoms with Gasteiger partial charge >= 0.3 is 0 Å². The highest BCUT2D eigenvalue weighted by molar-refractivity contribution is 8.93. The third kappa shape index (κ3) is 2.85. The van der Waals surface area contributed by atoms with Gasteiger partial charge in [0, 0.05) is 24.3 Å². The molecule has 88 valence electrons. The van der Waals surface area contributed by atoms with Gasteiger partial charge in [-0.2, -0.15) is 0 Å². The van der Waals surface area contributed by atoms with E-state index in [0.29, 0.717) is 0 Å². The number of Topliss-reactive ketones (excluding diaryl/α,β-unsaturated/α-hetero) is 1. The number of benzene rings is 1. The molecule has 2 rings (SSSR count). The Morgan fingerprint density at radius 3 is 2.38 bits per heavy atom. The van der Waals surface area contributed by atoms with E-state index in [4.69, 9.17) is 0 Å². The molecule has 1 aromatic carbocycles. The quantitative estimate of drug-likeness (QED) is 0.775. The second-order valence-electron chi connectivity index (χ2n) is 4.12. The minimum absolute atomic E-state index is 0. The summed E-state index contributed by atoms with van der Waals surface area (Å²) in [7, 11) is 0. The Kier molecular flexibility index (Phi) is 5.00. The van der Waals surface area contributed by atoms with E-state index in [1.54, 1.807) is 6.92 Å². The van der Waals surface area contributed by atoms with E-state index >= 15 is 0 Å². The lowest BCUT2D eigenvalue weighted by molar-refractivity contribution is 0.101. The maximum Gasteiger partial charge on any atom is 0.161 e. The van der Waals surface area contributed by atoms with Gasteiger partial charge in [0.15, 0.2) is 5.78 Å². The van der Waals surface area contributed by atoms with Crippen LogP contribution < -0.4 is 4.90 Å². The first-order chi connectivity index (χ1) is 7.29. The Morgan fingerprint density at radius 2 is 1.75 bits per heavy atom. The standard InChI is InChI=1S/C13H17NO.BrH/c1-11(15)12-7-3-4-8-13(12)14-9-5-2-6-10-14;/h3-4,7-8H,2,5-6,9-10H2,1H3;1H. The fourth-order valence-corrected chi connectivity index (χ4v) is 2.18. The Bertz CT molecular complexity index is 359. The number of halogens is 1. The number of hydrogen-bond donors (Lipinski definition) is 0. The Balaban J connectivity index is 0.00000128. The lowest BCUT2D eigenvalue weighted by Gasteiger charge is -2.30. The number of piperidine rings is 1. The van der Waals surface area contributed by atoms with Gasteiger partial charge in [-0.15, -0.1) is 17.0 Å². The molecule has 0 atom stereocenters. The molecule has 0 amide bonds. The van der Waals surface area contributed by atoms with Crippen molar-refractivity contribution in [3.63, 3.8) is 0 Å². The maximum absolute atomic E-state index is 11.5. The molecule has 1 aromatic rings. The molecular weight excluding hydrogens is 266 g/mol. The van der Waals surface area contributed by atoms with Crippen molar-refractivity contribution >= 4 is 28.5 Å². The van der Waals surface area contributed by atoms with E-state index in [2.05, 4.69) is 11.0 Å². The molecule has 0 aliphatic carbocycles. The third-order valence-electron chi connectivity index (χ3n) is 2.98. The van der Waals surface area contributed by atoms with Gasteiger partial charge in [-0.1, -0.05) is 12.1 Å². The molecule has 0 unspecified atom stereocenters. The van der Waals surface area contributed by atoms with Crippen LogP contribution in [0, 0.1) is 0 Å². The molecule has 1 aliphatic heterocycles. The van der Waals surface area contributed by atoms with Crippen molar-refractivity contribution < 1.29 is 4.79 Å². The molecule has 1 fully saturated rings. The SMILES string of the molecule is Br.CC(=O)c1ccccc1N1CCCCC1. The highest BCUT2D eigenvalue weighted by atomic mass is 79.9. The normalized spacial score (nSPS) is 15.4. The van der Waals surface area contributed by atoms with Crippen LogP contribution in [-0.4, -0.2) is 18.9 Å². The molecule has 3 heteroatoms. The van der Waals surface area contributed by atoms with Gasteiger partial charge in [-0.25, -0.2) is 0 Å². The smallest absolute Gasteiger partial charge is 0.161 e. The molecule has 0 aromatic heterocycles. The third-order valence-corrected chi connectivity index (χ3v) is 2.98. The van der Waals surface area contributed by atoms with Gasteiger partial charge in [-0.3, -0.25) is 4.79 Å². The average Bonchev–Trinajstić information content (AvgIpc) is 2.30. The van der Waals surface area contributed by atoms with Crippen LogP contribution in [0.5, 0.6) is 0 Å². The van der Waals surface area contributed by atoms with Crippen molar-refractivity contribution in [2.75, 3.05) is 18.0 Å². The summed E-state index contributed by atoms with van der Waals surface area (Å²) in [6.45, 7) is 3.82. The molecule has 0 radical (unpaired) electrons. The highest BCUT2D eigenvalue weighted by Crippen LogP contribution is 2.24. The molecule has 0 spiro atoms. The first kappa shape index (κ1) is 13.2. The summed E-state index contributed by atoms with van der Waals surface area (Å²) in [4.78, 5) is 13.8. The summed E-state index contributed by atoms with van der Waals surface area (Å²) in [5, 5.41) is 0. The number of nitrogens with zero attached hydrogens (tertiary/aromatic N) is 1. The van der Waals surface area contributed by atoms with Gasteiger partial charge in [0.2, 0.25) is 0 Å². The minimum atomic E-state index is 0. The van der Waals surface area contributed by atoms with Crippen molar-refractivity contribution in [1.29, 1.82) is 0 Å². The van der Waals surface area contributed by atoms with Crippen LogP contribution in [0.2, 0.25) is 0 Å². The van der Waals surface area contributed by atoms with Crippen LogP contribution in [0.25, 0.3) is 0 Å². The van der Waals surface area contributed by atoms with E-state index in [1.807, 2.05) is 18.2 Å². The Morgan fingerprint density at radius 1 is 1.12 bits per heavy atom. The number of anilines is 1. The number of rotatable bonds is 2. The van der Waals surface area contributed by atoms with E-state index in [-0.39, 0.29) is 22.8 Å². The summed E-state index contributed by atoms with van der Waals surface area (Å²) >= 11 is 0. The van der Waals surface area contributed by atoms with Crippen LogP contribution in [0.1, 0.15) is 36.5 Å². The van der Waals surface area contributed by atoms with E-state index in [9.17, 15) is 4.79 Å². The highest BCUT2D eigenvalue weighted by Gasteiger charge is 2.15. The van der Waals surface area contributed by atoms with Crippen LogP contribution >= 0.6 is 17.0 Å². The number of para-hydroxylation sites is 1. The van der Waals surface area contributed by atoms with Crippen molar-refractivity contribution in [2.24, 2.45) is 0 Å². The van der Waals surface area contributed by atoms with Gasteiger partial charge in [0.1, 0.15) is 0 Å². The number of carbonyl (C=O) groups is 1. The van der Waals surface area contributed by atoms with Crippen molar-refractivity contribution in [1.82, 2.24) is 0 Å². The Labute approximate surface area is 107 Å². The van der Waals surface area contributed by atoms with Crippen LogP contribution in [0.4, 0.5) is 5.69 Å². The van der Waals surface area contributed by atoms with Crippen LogP contribution in [0.3, 0.4) is 0 Å². The van der Waals surface area contributed by atoms with Crippen molar-refractivity contribution in [3.05, 3.63) is 29.8 Å². The number of hydrogen-bond acceptors (Lipinski definition) is 2. The lowest BCUT2D eigenvalue weighted by atomic mass is 10.1. The summed E-state index contributed by atoms with van der Waals surface area (Å²) in [5.74, 6) is 0.163. The first-order valence-corrected chi connectivity index (χ1v) is 5.64. The zero-order chi connectivity index (χ0) is 10.7. The molecule has 1 heterocycles. The molecule has 1 aliphatic rings. The Hall–Kier alpha value is -0.830. The van der Waals surface area contributed by atoms with E-state index in [1.165, 1.54) is 19.3 Å². The van der Waals surface area contributed by atoms with Gasteiger partial charge < -0.3 is 4.90 Å². The fraction of sp³-hybridized carbons (Fsp3) is 0.462. The van der Waals surface area contributed by atoms with Crippen molar-refractivity contribution in [3.8, 4) is 0 Å². The summed E-state index contributed by atoms with van der Waals surface area (Å²) in [6.07, 6.45) is 3.80. The zero-order valence-corrected chi connectivity index (χ0v) is 11.3. The van der Waals surface area contributed by atoms with Crippen LogP contribution in [-0.2, 0) is 0 Å². The molecule has 2 nitrogen and oxygen atoms in total. The lowest BCUT2D eigenvalue weighted by Crippen LogP contribution is -2.30. The second-order valence-corrected chi connectivity index (χ2v) is 4.12. The van der Waals surface area contributed by atoms with E-state index < -0.39 is 0 Å². The van der Waals surface area contributed by atoms with Crippen LogP contribution in [0.15, 0.2) is 24.3 Å². The fourth-order valence-electron chi connectivity index (χ4n) is 2.18. The monoisotopic (exact) mass is 283 g/mol. The van der Waals surface area contributed by atoms with Gasteiger partial charge in [0.25, 0.3) is 0 Å². The minimum Gasteiger partial charge on any atom is -0.371 e. The molecule has 0 N–H and O–H groups in total. The molecule has 0 saturated carbocycles. The summed E-state index contributed by atoms with van der Waals surface area (Å²) in [6, 6.07) is 7.93. The predicted octanol–water partition coefficient (Wildman–Crippen LogP) is 3.46. The topological polar surface area (TPSA) is 20.3 Å². The maximum atomic E-state index is 11.5. The second kappa shape index (κ2) is 6.04. The molecular formula is C13H18BrNO. The number of ketones is 1. The zero-order valence-electron chi connectivity index (χ0n) is 9.61. The van der Waals surface area contributed by atoms with E-state index in [0.717, 1.165) is 24.3 Å². The van der Waals surface area contributed by atoms with Gasteiger partial charge in [0.05, 0.1) is 0 Å². The van der Waals surface area contributed by atoms with Crippen molar-refractivity contribution in [2.45, 2.75) is 26.2 Å².